The van der Waals surface area contributed by atoms with Crippen LogP contribution in [-0.4, -0.2) is 0 Å². The third-order valence-corrected chi connectivity index (χ3v) is 4.56. The Hall–Kier alpha value is -2.35. The molecule has 1 nitrogen and oxygen atoms in total. The first-order chi connectivity index (χ1) is 11.7. The molecule has 0 bridgehead atoms. The monoisotopic (exact) mass is 350 g/mol. The molecule has 0 aliphatic heterocycles. The number of benzene rings is 3. The highest BCUT2D eigenvalue weighted by molar-refractivity contribution is 6.31. The van der Waals surface area contributed by atoms with Gasteiger partial charge in [0.1, 0.15) is 0 Å². The Labute approximate surface area is 150 Å². The van der Waals surface area contributed by atoms with Crippen LogP contribution in [0.5, 0.6) is 0 Å². The molecule has 0 aliphatic rings. The first-order valence-electron chi connectivity index (χ1n) is 7.68. The molecular formula is C21H14Cl2N+. The molecule has 3 aromatic carbocycles. The molecule has 0 unspecified atom stereocenters. The Bertz CT molecular complexity index is 1010. The van der Waals surface area contributed by atoms with E-state index in [2.05, 4.69) is 23.2 Å². The Morgan fingerprint density at radius 3 is 2.08 bits per heavy atom. The third kappa shape index (κ3) is 2.89. The molecule has 0 amide bonds. The average molecular weight is 351 g/mol. The van der Waals surface area contributed by atoms with Crippen LogP contribution in [0.2, 0.25) is 10.0 Å². The van der Waals surface area contributed by atoms with Gasteiger partial charge in [0.15, 0.2) is 0 Å². The Morgan fingerprint density at radius 1 is 0.625 bits per heavy atom. The zero-order chi connectivity index (χ0) is 16.5. The highest BCUT2D eigenvalue weighted by atomic mass is 35.5. The number of hydrogen-bond acceptors (Lipinski definition) is 0. The quantitative estimate of drug-likeness (QED) is 0.403. The zero-order valence-electron chi connectivity index (χ0n) is 12.8. The summed E-state index contributed by atoms with van der Waals surface area (Å²) in [7, 11) is 0. The number of aromatic amines is 1. The van der Waals surface area contributed by atoms with E-state index in [4.69, 9.17) is 23.2 Å². The van der Waals surface area contributed by atoms with E-state index >= 15 is 0 Å². The highest BCUT2D eigenvalue weighted by Crippen LogP contribution is 2.31. The summed E-state index contributed by atoms with van der Waals surface area (Å²) in [5.41, 5.74) is 5.49. The van der Waals surface area contributed by atoms with Crippen LogP contribution in [0.25, 0.3) is 33.3 Å². The van der Waals surface area contributed by atoms with Crippen molar-refractivity contribution in [1.82, 2.24) is 0 Å². The molecule has 1 heterocycles. The summed E-state index contributed by atoms with van der Waals surface area (Å²) in [5, 5.41) is 2.56. The average Bonchev–Trinajstić information content (AvgIpc) is 2.62. The summed E-state index contributed by atoms with van der Waals surface area (Å²) in [6.45, 7) is 0. The third-order valence-electron chi connectivity index (χ3n) is 4.07. The maximum absolute atomic E-state index is 6.22. The number of halogens is 2. The van der Waals surface area contributed by atoms with Gasteiger partial charge in [0.2, 0.25) is 11.2 Å². The zero-order valence-corrected chi connectivity index (χ0v) is 14.3. The number of pyridine rings is 1. The molecule has 24 heavy (non-hydrogen) atoms. The van der Waals surface area contributed by atoms with Gasteiger partial charge < -0.3 is 0 Å². The molecule has 0 spiro atoms. The normalized spacial score (nSPS) is 10.9. The largest absolute Gasteiger partial charge is 0.212 e. The molecule has 4 aromatic rings. The van der Waals surface area contributed by atoms with Gasteiger partial charge in [-0.05, 0) is 42.0 Å². The van der Waals surface area contributed by atoms with Gasteiger partial charge in [-0.25, -0.2) is 4.98 Å². The highest BCUT2D eigenvalue weighted by Gasteiger charge is 2.15. The summed E-state index contributed by atoms with van der Waals surface area (Å²) >= 11 is 12.2. The van der Waals surface area contributed by atoms with Gasteiger partial charge in [-0.2, -0.15) is 0 Å². The lowest BCUT2D eigenvalue weighted by Crippen LogP contribution is -2.09. The number of aromatic nitrogens is 1. The second kappa shape index (κ2) is 6.27. The first kappa shape index (κ1) is 15.2. The Kier molecular flexibility index (Phi) is 3.97. The van der Waals surface area contributed by atoms with Gasteiger partial charge in [0, 0.05) is 33.3 Å². The van der Waals surface area contributed by atoms with Crippen molar-refractivity contribution >= 4 is 34.1 Å². The molecule has 116 valence electrons. The van der Waals surface area contributed by atoms with Crippen LogP contribution in [0, 0.1) is 0 Å². The van der Waals surface area contributed by atoms with E-state index in [0.717, 1.165) is 43.3 Å². The lowest BCUT2D eigenvalue weighted by atomic mass is 9.98. The van der Waals surface area contributed by atoms with Crippen LogP contribution in [0.3, 0.4) is 0 Å². The molecule has 3 heteroatoms. The molecular weight excluding hydrogens is 337 g/mol. The van der Waals surface area contributed by atoms with Crippen LogP contribution in [0.4, 0.5) is 0 Å². The molecule has 0 fully saturated rings. The fourth-order valence-electron chi connectivity index (χ4n) is 2.89. The Morgan fingerprint density at radius 2 is 1.33 bits per heavy atom. The van der Waals surface area contributed by atoms with Crippen LogP contribution in [-0.2, 0) is 0 Å². The standard InChI is InChI=1S/C21H13Cl2N/c22-16-8-6-15(7-9-16)21-13-18(14-4-2-1-3-5-14)19-12-17(23)10-11-20(19)24-21/h1-13H/p+1. The van der Waals surface area contributed by atoms with Crippen molar-refractivity contribution < 1.29 is 4.98 Å². The van der Waals surface area contributed by atoms with Crippen molar-refractivity contribution in [3.8, 4) is 22.4 Å². The van der Waals surface area contributed by atoms with Crippen molar-refractivity contribution in [2.45, 2.75) is 0 Å². The van der Waals surface area contributed by atoms with E-state index in [-0.39, 0.29) is 0 Å². The van der Waals surface area contributed by atoms with Crippen molar-refractivity contribution in [1.29, 1.82) is 0 Å². The van der Waals surface area contributed by atoms with E-state index in [1.807, 2.05) is 60.7 Å². The fourth-order valence-corrected chi connectivity index (χ4v) is 3.19. The van der Waals surface area contributed by atoms with Gasteiger partial charge in [0.25, 0.3) is 0 Å². The summed E-state index contributed by atoms with van der Waals surface area (Å²) in [5.74, 6) is 0. The maximum atomic E-state index is 6.22. The van der Waals surface area contributed by atoms with Gasteiger partial charge in [0.05, 0.1) is 5.39 Å². The number of fused-ring (bicyclic) bond motifs is 1. The second-order valence-electron chi connectivity index (χ2n) is 5.66. The minimum Gasteiger partial charge on any atom is -0.204 e. The molecule has 0 saturated heterocycles. The molecule has 0 atom stereocenters. The molecule has 0 saturated carbocycles. The number of H-pyrrole nitrogens is 1. The van der Waals surface area contributed by atoms with Crippen molar-refractivity contribution in [2.24, 2.45) is 0 Å². The molecule has 0 aliphatic carbocycles. The Balaban J connectivity index is 2.00. The number of nitrogens with one attached hydrogen (secondary N) is 1. The van der Waals surface area contributed by atoms with Crippen LogP contribution in [0.1, 0.15) is 0 Å². The van der Waals surface area contributed by atoms with E-state index < -0.39 is 0 Å². The fraction of sp³-hybridized carbons (Fsp3) is 0. The minimum atomic E-state index is 0.729. The van der Waals surface area contributed by atoms with Gasteiger partial charge in [-0.1, -0.05) is 53.5 Å². The lowest BCUT2D eigenvalue weighted by molar-refractivity contribution is -0.330. The molecule has 1 N–H and O–H groups in total. The second-order valence-corrected chi connectivity index (χ2v) is 6.53. The number of rotatable bonds is 2. The summed E-state index contributed by atoms with van der Waals surface area (Å²) in [6, 6.07) is 26.3. The smallest absolute Gasteiger partial charge is 0.204 e. The number of hydrogen-bond donors (Lipinski definition) is 0. The SMILES string of the molecule is Clc1ccc(-c2cc(-c3ccccc3)c3cc(Cl)ccc3[nH+]2)cc1. The van der Waals surface area contributed by atoms with E-state index in [9.17, 15) is 0 Å². The van der Waals surface area contributed by atoms with Crippen molar-refractivity contribution in [3.63, 3.8) is 0 Å². The maximum Gasteiger partial charge on any atom is 0.212 e. The molecule has 0 radical (unpaired) electrons. The first-order valence-corrected chi connectivity index (χ1v) is 8.43. The van der Waals surface area contributed by atoms with Crippen molar-refractivity contribution in [3.05, 3.63) is 88.9 Å². The summed E-state index contributed by atoms with van der Waals surface area (Å²) in [6.07, 6.45) is 0. The predicted molar refractivity (Wildman–Crippen MR) is 101 cm³/mol. The summed E-state index contributed by atoms with van der Waals surface area (Å²) < 4.78 is 0. The van der Waals surface area contributed by atoms with Crippen molar-refractivity contribution in [2.75, 3.05) is 0 Å². The molecule has 4 rings (SSSR count). The van der Waals surface area contributed by atoms with Crippen LogP contribution < -0.4 is 4.98 Å². The van der Waals surface area contributed by atoms with E-state index in [1.54, 1.807) is 0 Å². The van der Waals surface area contributed by atoms with Crippen LogP contribution >= 0.6 is 23.2 Å². The van der Waals surface area contributed by atoms with Gasteiger partial charge in [-0.3, -0.25) is 0 Å². The van der Waals surface area contributed by atoms with Gasteiger partial charge >= 0.3 is 0 Å². The van der Waals surface area contributed by atoms with E-state index in [0.29, 0.717) is 0 Å². The van der Waals surface area contributed by atoms with Gasteiger partial charge in [-0.15, -0.1) is 0 Å². The lowest BCUT2D eigenvalue weighted by Gasteiger charge is -2.07. The van der Waals surface area contributed by atoms with Crippen LogP contribution in [0.15, 0.2) is 78.9 Å². The van der Waals surface area contributed by atoms with E-state index in [1.165, 1.54) is 0 Å². The topological polar surface area (TPSA) is 14.1 Å². The predicted octanol–water partition coefficient (Wildman–Crippen LogP) is 6.29. The minimum absolute atomic E-state index is 0.729. The summed E-state index contributed by atoms with van der Waals surface area (Å²) in [4.78, 5) is 3.50. The molecule has 1 aromatic heterocycles.